The molecule has 0 radical (unpaired) electrons. The first kappa shape index (κ1) is 15.7. The van der Waals surface area contributed by atoms with E-state index >= 15 is 0 Å². The number of nitrogens with one attached hydrogen (secondary N) is 1. The monoisotopic (exact) mass is 293 g/mol. The van der Waals surface area contributed by atoms with E-state index in [1.165, 1.54) is 36.0 Å². The maximum Gasteiger partial charge on any atom is 0.0437 e. The molecule has 2 rings (SSSR count). The quantitative estimate of drug-likeness (QED) is 0.898. The molecule has 1 aliphatic carbocycles. The molecule has 0 amide bonds. The summed E-state index contributed by atoms with van der Waals surface area (Å²) >= 11 is 0. The van der Waals surface area contributed by atoms with Crippen LogP contribution in [0.4, 0.5) is 0 Å². The predicted molar refractivity (Wildman–Crippen MR) is 87.6 cm³/mol. The van der Waals surface area contributed by atoms with Crippen LogP contribution in [0.5, 0.6) is 0 Å². The van der Waals surface area contributed by atoms with Crippen molar-refractivity contribution in [3.63, 3.8) is 0 Å². The fraction of sp³-hybridized carbons (Fsp3) is 0.647. The lowest BCUT2D eigenvalue weighted by atomic mass is 10.00. The Labute approximate surface area is 125 Å². The summed E-state index contributed by atoms with van der Waals surface area (Å²) in [6.45, 7) is 4.26. The molecule has 1 fully saturated rings. The van der Waals surface area contributed by atoms with Crippen LogP contribution in [-0.2, 0) is 10.8 Å². The molecule has 2 unspecified atom stereocenters. The van der Waals surface area contributed by atoms with Crippen molar-refractivity contribution in [3.8, 4) is 0 Å². The Hall–Kier alpha value is -0.670. The molecule has 1 aromatic carbocycles. The third-order valence-corrected chi connectivity index (χ3v) is 6.29. The van der Waals surface area contributed by atoms with Gasteiger partial charge in [-0.05, 0) is 44.9 Å². The van der Waals surface area contributed by atoms with Gasteiger partial charge in [0.05, 0.1) is 0 Å². The van der Waals surface area contributed by atoms with Gasteiger partial charge in [-0.1, -0.05) is 43.0 Å². The second kappa shape index (κ2) is 7.37. The number of rotatable bonds is 5. The summed E-state index contributed by atoms with van der Waals surface area (Å²) in [6, 6.07) is 6.74. The number of benzene rings is 1. The maximum absolute atomic E-state index is 12.6. The normalized spacial score (nSPS) is 19.8. The average Bonchev–Trinajstić information content (AvgIpc) is 2.48. The minimum Gasteiger partial charge on any atom is -0.312 e. The zero-order chi connectivity index (χ0) is 14.5. The number of aryl methyl sites for hydroxylation is 2. The molecule has 0 aromatic heterocycles. The molecule has 1 N–H and O–H groups in total. The molecule has 20 heavy (non-hydrogen) atoms. The lowest BCUT2D eigenvalue weighted by molar-refractivity contribution is 0.502. The fourth-order valence-electron chi connectivity index (χ4n) is 3.09. The van der Waals surface area contributed by atoms with Gasteiger partial charge < -0.3 is 5.32 Å². The van der Waals surface area contributed by atoms with Crippen LogP contribution in [0.15, 0.2) is 18.2 Å². The van der Waals surface area contributed by atoms with E-state index in [-0.39, 0.29) is 6.04 Å². The first-order valence-electron chi connectivity index (χ1n) is 7.73. The molecular formula is C17H27NOS. The van der Waals surface area contributed by atoms with Crippen LogP contribution in [0.2, 0.25) is 0 Å². The van der Waals surface area contributed by atoms with Gasteiger partial charge in [-0.15, -0.1) is 0 Å². The highest BCUT2D eigenvalue weighted by atomic mass is 32.2. The predicted octanol–water partition coefficient (Wildman–Crippen LogP) is 3.65. The topological polar surface area (TPSA) is 29.1 Å². The summed E-state index contributed by atoms with van der Waals surface area (Å²) in [5.74, 6) is 0.742. The van der Waals surface area contributed by atoms with Gasteiger partial charge in [0.2, 0.25) is 0 Å². The molecule has 0 saturated heterocycles. The lowest BCUT2D eigenvalue weighted by Gasteiger charge is -2.25. The molecular weight excluding hydrogens is 266 g/mol. The fourth-order valence-corrected chi connectivity index (χ4v) is 4.90. The third kappa shape index (κ3) is 3.92. The van der Waals surface area contributed by atoms with Crippen molar-refractivity contribution in [1.82, 2.24) is 5.32 Å². The van der Waals surface area contributed by atoms with E-state index in [1.54, 1.807) is 0 Å². The molecule has 1 aromatic rings. The minimum atomic E-state index is -0.714. The number of hydrogen-bond acceptors (Lipinski definition) is 2. The molecule has 1 aliphatic rings. The highest BCUT2D eigenvalue weighted by Crippen LogP contribution is 2.26. The van der Waals surface area contributed by atoms with Crippen LogP contribution >= 0.6 is 0 Å². The van der Waals surface area contributed by atoms with Gasteiger partial charge >= 0.3 is 0 Å². The number of hydrogen-bond donors (Lipinski definition) is 1. The van der Waals surface area contributed by atoms with Crippen LogP contribution in [0.25, 0.3) is 0 Å². The Bertz CT molecular complexity index is 466. The van der Waals surface area contributed by atoms with Crippen molar-refractivity contribution >= 4 is 10.8 Å². The largest absolute Gasteiger partial charge is 0.312 e. The van der Waals surface area contributed by atoms with Crippen molar-refractivity contribution in [2.24, 2.45) is 0 Å². The Morgan fingerprint density at radius 3 is 2.60 bits per heavy atom. The van der Waals surface area contributed by atoms with Crippen LogP contribution in [-0.4, -0.2) is 22.3 Å². The maximum atomic E-state index is 12.6. The second-order valence-corrected chi connectivity index (χ2v) is 7.77. The molecule has 0 bridgehead atoms. The van der Waals surface area contributed by atoms with E-state index in [4.69, 9.17) is 0 Å². The second-order valence-electron chi connectivity index (χ2n) is 6.01. The van der Waals surface area contributed by atoms with Gasteiger partial charge in [-0.25, -0.2) is 0 Å². The molecule has 3 heteroatoms. The Morgan fingerprint density at radius 2 is 1.95 bits per heavy atom. The summed E-state index contributed by atoms with van der Waals surface area (Å²) in [6.07, 6.45) is 6.13. The van der Waals surface area contributed by atoms with Gasteiger partial charge in [0.15, 0.2) is 0 Å². The summed E-state index contributed by atoms with van der Waals surface area (Å²) in [4.78, 5) is 0. The Morgan fingerprint density at radius 1 is 1.25 bits per heavy atom. The standard InChI is InChI=1S/C17H27NOS/c1-13-9-10-14(2)16(11-13)17(18-3)12-20(19)15-7-5-4-6-8-15/h9-11,15,17-18H,4-8,12H2,1-3H3. The van der Waals surface area contributed by atoms with Gasteiger partial charge in [0.25, 0.3) is 0 Å². The zero-order valence-electron chi connectivity index (χ0n) is 12.9. The smallest absolute Gasteiger partial charge is 0.0437 e. The summed E-state index contributed by atoms with van der Waals surface area (Å²) in [5, 5.41) is 3.78. The molecule has 0 heterocycles. The van der Waals surface area contributed by atoms with Gasteiger partial charge in [0.1, 0.15) is 0 Å². The van der Waals surface area contributed by atoms with Crippen molar-refractivity contribution in [3.05, 3.63) is 34.9 Å². The average molecular weight is 293 g/mol. The molecule has 0 aliphatic heterocycles. The highest BCUT2D eigenvalue weighted by molar-refractivity contribution is 7.85. The van der Waals surface area contributed by atoms with E-state index in [1.807, 2.05) is 7.05 Å². The van der Waals surface area contributed by atoms with Crippen molar-refractivity contribution in [2.45, 2.75) is 57.2 Å². The summed E-state index contributed by atoms with van der Waals surface area (Å²) in [5.41, 5.74) is 3.86. The van der Waals surface area contributed by atoms with Crippen molar-refractivity contribution in [2.75, 3.05) is 12.8 Å². The summed E-state index contributed by atoms with van der Waals surface area (Å²) in [7, 11) is 1.26. The molecule has 112 valence electrons. The minimum absolute atomic E-state index is 0.206. The summed E-state index contributed by atoms with van der Waals surface area (Å²) < 4.78 is 12.6. The highest BCUT2D eigenvalue weighted by Gasteiger charge is 2.23. The molecule has 0 spiro atoms. The third-order valence-electron chi connectivity index (χ3n) is 4.41. The molecule has 2 atom stereocenters. The van der Waals surface area contributed by atoms with Crippen molar-refractivity contribution in [1.29, 1.82) is 0 Å². The van der Waals surface area contributed by atoms with Crippen LogP contribution in [0.3, 0.4) is 0 Å². The van der Waals surface area contributed by atoms with E-state index in [9.17, 15) is 4.21 Å². The first-order valence-corrected chi connectivity index (χ1v) is 9.11. The van der Waals surface area contributed by atoms with Crippen LogP contribution in [0, 0.1) is 13.8 Å². The van der Waals surface area contributed by atoms with Crippen molar-refractivity contribution < 1.29 is 4.21 Å². The van der Waals surface area contributed by atoms with Gasteiger partial charge in [0, 0.05) is 27.8 Å². The van der Waals surface area contributed by atoms with E-state index in [2.05, 4.69) is 37.4 Å². The van der Waals surface area contributed by atoms with Crippen LogP contribution < -0.4 is 5.32 Å². The zero-order valence-corrected chi connectivity index (χ0v) is 13.8. The van der Waals surface area contributed by atoms with E-state index in [0.717, 1.165) is 18.6 Å². The molecule has 2 nitrogen and oxygen atoms in total. The SMILES string of the molecule is CNC(CS(=O)C1CCCCC1)c1cc(C)ccc1C. The van der Waals surface area contributed by atoms with Crippen LogP contribution in [0.1, 0.15) is 54.8 Å². The van der Waals surface area contributed by atoms with E-state index < -0.39 is 10.8 Å². The van der Waals surface area contributed by atoms with Gasteiger partial charge in [-0.2, -0.15) is 0 Å². The Balaban J connectivity index is 2.08. The first-order chi connectivity index (χ1) is 9.61. The Kier molecular flexibility index (Phi) is 5.79. The lowest BCUT2D eigenvalue weighted by Crippen LogP contribution is -2.29. The van der Waals surface area contributed by atoms with Gasteiger partial charge in [-0.3, -0.25) is 4.21 Å². The van der Waals surface area contributed by atoms with E-state index in [0.29, 0.717) is 5.25 Å². The molecule has 1 saturated carbocycles.